The van der Waals surface area contributed by atoms with Crippen LogP contribution in [0.15, 0.2) is 23.1 Å². The number of hydrogen-bond donors (Lipinski definition) is 0. The Kier molecular flexibility index (Phi) is 6.12. The number of ether oxygens (including phenoxy) is 1. The summed E-state index contributed by atoms with van der Waals surface area (Å²) < 4.78 is 5.11. The van der Waals surface area contributed by atoms with Gasteiger partial charge < -0.3 is 4.74 Å². The Labute approximate surface area is 108 Å². The number of rotatable bonds is 6. The van der Waals surface area contributed by atoms with E-state index in [-0.39, 0.29) is 5.97 Å². The summed E-state index contributed by atoms with van der Waals surface area (Å²) in [6.07, 6.45) is 2.00. The zero-order valence-corrected chi connectivity index (χ0v) is 11.6. The van der Waals surface area contributed by atoms with Gasteiger partial charge in [-0.15, -0.1) is 11.8 Å². The van der Waals surface area contributed by atoms with Crippen LogP contribution in [-0.2, 0) is 9.53 Å². The molecule has 1 aromatic carbocycles. The van der Waals surface area contributed by atoms with Crippen molar-refractivity contribution in [3.05, 3.63) is 29.3 Å². The second kappa shape index (κ2) is 7.38. The van der Waals surface area contributed by atoms with E-state index in [1.54, 1.807) is 11.8 Å². The number of carbonyl (C=O) groups is 1. The summed E-state index contributed by atoms with van der Waals surface area (Å²) in [6, 6.07) is 6.26. The third kappa shape index (κ3) is 5.26. The maximum atomic E-state index is 11.4. The van der Waals surface area contributed by atoms with Gasteiger partial charge in [0.1, 0.15) is 0 Å². The number of aryl methyl sites for hydroxylation is 2. The van der Waals surface area contributed by atoms with Crippen LogP contribution in [0.3, 0.4) is 0 Å². The largest absolute Gasteiger partial charge is 0.465 e. The van der Waals surface area contributed by atoms with Crippen LogP contribution >= 0.6 is 11.8 Å². The Bertz CT molecular complexity index is 374. The molecule has 0 aliphatic carbocycles. The van der Waals surface area contributed by atoms with Crippen molar-refractivity contribution in [3.8, 4) is 0 Å². The average Bonchev–Trinajstić information content (AvgIpc) is 2.28. The number of carbonyl (C=O) groups excluding carboxylic acids is 1. The van der Waals surface area contributed by atoms with Crippen LogP contribution in [-0.4, -0.2) is 18.3 Å². The Morgan fingerprint density at radius 2 is 2.12 bits per heavy atom. The Balaban J connectivity index is 2.37. The third-order valence-electron chi connectivity index (χ3n) is 2.44. The normalized spacial score (nSPS) is 10.3. The first-order chi connectivity index (χ1) is 8.13. The second-order valence-corrected chi connectivity index (χ2v) is 5.15. The van der Waals surface area contributed by atoms with Gasteiger partial charge in [-0.3, -0.25) is 4.79 Å². The van der Waals surface area contributed by atoms with Gasteiger partial charge in [-0.1, -0.05) is 31.0 Å². The topological polar surface area (TPSA) is 26.3 Å². The van der Waals surface area contributed by atoms with Crippen molar-refractivity contribution >= 4 is 17.7 Å². The van der Waals surface area contributed by atoms with Gasteiger partial charge in [0.2, 0.25) is 0 Å². The highest BCUT2D eigenvalue weighted by molar-refractivity contribution is 8.00. The van der Waals surface area contributed by atoms with Crippen molar-refractivity contribution in [1.82, 2.24) is 0 Å². The summed E-state index contributed by atoms with van der Waals surface area (Å²) in [5, 5.41) is 0. The van der Waals surface area contributed by atoms with Crippen LogP contribution in [0.25, 0.3) is 0 Å². The van der Waals surface area contributed by atoms with Crippen LogP contribution in [0.4, 0.5) is 0 Å². The van der Waals surface area contributed by atoms with E-state index in [0.29, 0.717) is 12.4 Å². The van der Waals surface area contributed by atoms with Gasteiger partial charge in [-0.2, -0.15) is 0 Å². The quantitative estimate of drug-likeness (QED) is 0.438. The van der Waals surface area contributed by atoms with Gasteiger partial charge in [-0.25, -0.2) is 0 Å². The van der Waals surface area contributed by atoms with Crippen LogP contribution in [0.5, 0.6) is 0 Å². The van der Waals surface area contributed by atoms with E-state index < -0.39 is 0 Å². The van der Waals surface area contributed by atoms with Gasteiger partial charge in [0, 0.05) is 4.90 Å². The number of esters is 1. The molecule has 0 atom stereocenters. The Hall–Kier alpha value is -0.960. The third-order valence-corrected chi connectivity index (χ3v) is 3.59. The summed E-state index contributed by atoms with van der Waals surface area (Å²) >= 11 is 1.55. The van der Waals surface area contributed by atoms with E-state index >= 15 is 0 Å². The van der Waals surface area contributed by atoms with E-state index in [1.807, 2.05) is 0 Å². The molecule has 2 nitrogen and oxygen atoms in total. The second-order valence-electron chi connectivity index (χ2n) is 4.13. The molecular weight excluding hydrogens is 232 g/mol. The molecule has 0 spiro atoms. The minimum Gasteiger partial charge on any atom is -0.465 e. The van der Waals surface area contributed by atoms with Crippen molar-refractivity contribution in [2.45, 2.75) is 38.5 Å². The SMILES string of the molecule is CCCCOC(=O)CSc1ccc(C)cc1C. The molecule has 0 aromatic heterocycles. The number of hydrogen-bond acceptors (Lipinski definition) is 3. The Morgan fingerprint density at radius 1 is 1.35 bits per heavy atom. The fraction of sp³-hybridized carbons (Fsp3) is 0.500. The molecule has 0 N–H and O–H groups in total. The molecule has 0 saturated heterocycles. The molecule has 0 aliphatic rings. The molecule has 0 amide bonds. The lowest BCUT2D eigenvalue weighted by Gasteiger charge is -2.06. The molecule has 0 bridgehead atoms. The standard InChI is InChI=1S/C14H20O2S/c1-4-5-8-16-14(15)10-17-13-7-6-11(2)9-12(13)3/h6-7,9H,4-5,8,10H2,1-3H3. The number of unbranched alkanes of at least 4 members (excludes halogenated alkanes) is 1. The van der Waals surface area contributed by atoms with Crippen LogP contribution < -0.4 is 0 Å². The van der Waals surface area contributed by atoms with Gasteiger partial charge in [-0.05, 0) is 31.9 Å². The first-order valence-corrected chi connectivity index (χ1v) is 6.97. The summed E-state index contributed by atoms with van der Waals surface area (Å²) in [5.41, 5.74) is 2.47. The Morgan fingerprint density at radius 3 is 2.76 bits per heavy atom. The first kappa shape index (κ1) is 14.1. The lowest BCUT2D eigenvalue weighted by molar-refractivity contribution is -0.140. The predicted octanol–water partition coefficient (Wildman–Crippen LogP) is 3.74. The molecule has 94 valence electrons. The number of benzene rings is 1. The molecule has 0 heterocycles. The van der Waals surface area contributed by atoms with Gasteiger partial charge in [0.15, 0.2) is 0 Å². The predicted molar refractivity (Wildman–Crippen MR) is 72.5 cm³/mol. The maximum Gasteiger partial charge on any atom is 0.316 e. The van der Waals surface area contributed by atoms with Crippen molar-refractivity contribution in [2.24, 2.45) is 0 Å². The van der Waals surface area contributed by atoms with E-state index in [0.717, 1.165) is 17.7 Å². The summed E-state index contributed by atoms with van der Waals surface area (Å²) in [4.78, 5) is 12.6. The molecule has 1 aromatic rings. The fourth-order valence-corrected chi connectivity index (χ4v) is 2.28. The van der Waals surface area contributed by atoms with Crippen molar-refractivity contribution in [1.29, 1.82) is 0 Å². The van der Waals surface area contributed by atoms with E-state index in [9.17, 15) is 4.79 Å². The smallest absolute Gasteiger partial charge is 0.316 e. The van der Waals surface area contributed by atoms with E-state index in [4.69, 9.17) is 4.74 Å². The monoisotopic (exact) mass is 252 g/mol. The highest BCUT2D eigenvalue weighted by Crippen LogP contribution is 2.23. The van der Waals surface area contributed by atoms with Crippen LogP contribution in [0.1, 0.15) is 30.9 Å². The highest BCUT2D eigenvalue weighted by atomic mass is 32.2. The lowest BCUT2D eigenvalue weighted by atomic mass is 10.2. The molecule has 0 fully saturated rings. The van der Waals surface area contributed by atoms with Gasteiger partial charge in [0.05, 0.1) is 12.4 Å². The van der Waals surface area contributed by atoms with Crippen molar-refractivity contribution < 1.29 is 9.53 Å². The fourth-order valence-electron chi connectivity index (χ4n) is 1.47. The molecule has 0 unspecified atom stereocenters. The summed E-state index contributed by atoms with van der Waals surface area (Å²) in [5.74, 6) is 0.275. The first-order valence-electron chi connectivity index (χ1n) is 5.99. The van der Waals surface area contributed by atoms with Gasteiger partial charge >= 0.3 is 5.97 Å². The summed E-state index contributed by atoms with van der Waals surface area (Å²) in [6.45, 7) is 6.76. The molecule has 3 heteroatoms. The number of thioether (sulfide) groups is 1. The molecule has 0 aliphatic heterocycles. The van der Waals surface area contributed by atoms with E-state index in [2.05, 4.69) is 39.0 Å². The van der Waals surface area contributed by atoms with Crippen molar-refractivity contribution in [3.63, 3.8) is 0 Å². The zero-order chi connectivity index (χ0) is 12.7. The molecule has 0 radical (unpaired) electrons. The minimum atomic E-state index is -0.122. The molecular formula is C14H20O2S. The lowest BCUT2D eigenvalue weighted by Crippen LogP contribution is -2.08. The summed E-state index contributed by atoms with van der Waals surface area (Å²) in [7, 11) is 0. The maximum absolute atomic E-state index is 11.4. The molecule has 0 saturated carbocycles. The zero-order valence-electron chi connectivity index (χ0n) is 10.8. The minimum absolute atomic E-state index is 0.122. The average molecular weight is 252 g/mol. The molecule has 1 rings (SSSR count). The van der Waals surface area contributed by atoms with Gasteiger partial charge in [0.25, 0.3) is 0 Å². The van der Waals surface area contributed by atoms with Crippen LogP contribution in [0.2, 0.25) is 0 Å². The highest BCUT2D eigenvalue weighted by Gasteiger charge is 2.05. The van der Waals surface area contributed by atoms with E-state index in [1.165, 1.54) is 11.1 Å². The van der Waals surface area contributed by atoms with Crippen molar-refractivity contribution in [2.75, 3.05) is 12.4 Å². The molecule has 17 heavy (non-hydrogen) atoms. The van der Waals surface area contributed by atoms with Crippen LogP contribution in [0, 0.1) is 13.8 Å².